The number of hydrogen-bond donors (Lipinski definition) is 0. The van der Waals surface area contributed by atoms with Crippen LogP contribution in [0.1, 0.15) is 18.9 Å². The van der Waals surface area contributed by atoms with Gasteiger partial charge in [0.05, 0.1) is 0 Å². The van der Waals surface area contributed by atoms with Crippen molar-refractivity contribution in [3.05, 3.63) is 41.7 Å². The van der Waals surface area contributed by atoms with Crippen LogP contribution in [0.5, 0.6) is 5.75 Å². The van der Waals surface area contributed by atoms with Gasteiger partial charge >= 0.3 is 0 Å². The summed E-state index contributed by atoms with van der Waals surface area (Å²) < 4.78 is 30.5. The second-order valence-corrected chi connectivity index (χ2v) is 3.96. The lowest BCUT2D eigenvalue weighted by Gasteiger charge is -2.07. The number of aryl methyl sites for hydroxylation is 1. The fourth-order valence-corrected chi connectivity index (χ4v) is 1.91. The zero-order valence-electron chi connectivity index (χ0n) is 9.67. The van der Waals surface area contributed by atoms with E-state index in [9.17, 15) is 8.78 Å². The van der Waals surface area contributed by atoms with Crippen molar-refractivity contribution in [3.63, 3.8) is 0 Å². The molecule has 2 aromatic rings. The first kappa shape index (κ1) is 11.8. The normalized spacial score (nSPS) is 10.8. The Labute approximate surface area is 99.0 Å². The van der Waals surface area contributed by atoms with Crippen molar-refractivity contribution in [2.24, 2.45) is 0 Å². The maximum atomic E-state index is 13.7. The number of fused-ring (bicyclic) bond motifs is 1. The minimum absolute atomic E-state index is 0.211. The topological polar surface area (TPSA) is 9.23 Å². The molecule has 0 saturated carbocycles. The minimum Gasteiger partial charge on any atom is -0.463 e. The molecule has 17 heavy (non-hydrogen) atoms. The Morgan fingerprint density at radius 2 is 1.94 bits per heavy atom. The van der Waals surface area contributed by atoms with Gasteiger partial charge in [0.25, 0.3) is 0 Å². The van der Waals surface area contributed by atoms with Crippen LogP contribution in [-0.2, 0) is 6.42 Å². The molecular weight excluding hydrogens is 222 g/mol. The van der Waals surface area contributed by atoms with E-state index in [0.717, 1.165) is 29.2 Å². The molecule has 0 unspecified atom stereocenters. The summed E-state index contributed by atoms with van der Waals surface area (Å²) >= 11 is 0. The number of ether oxygens (including phenoxy) is 1. The van der Waals surface area contributed by atoms with Gasteiger partial charge in [0.1, 0.15) is 11.6 Å². The van der Waals surface area contributed by atoms with Crippen LogP contribution in [0.15, 0.2) is 30.3 Å². The molecule has 0 N–H and O–H groups in total. The van der Waals surface area contributed by atoms with Gasteiger partial charge in [-0.15, -0.1) is 0 Å². The number of halogens is 2. The molecule has 0 atom stereocenters. The molecule has 0 aromatic heterocycles. The first-order chi connectivity index (χ1) is 8.24. The summed E-state index contributed by atoms with van der Waals surface area (Å²) in [5.74, 6) is 0.208. The van der Waals surface area contributed by atoms with Crippen LogP contribution >= 0.6 is 0 Å². The standard InChI is InChI=1S/C14H14F2O/c1-2-3-11-6-10-4-5-13(17-9-15)7-12(10)8-14(11)16/h4-8H,2-3,9H2,1H3. The van der Waals surface area contributed by atoms with Gasteiger partial charge < -0.3 is 4.74 Å². The fraction of sp³-hybridized carbons (Fsp3) is 0.286. The molecule has 0 saturated heterocycles. The highest BCUT2D eigenvalue weighted by Crippen LogP contribution is 2.24. The molecule has 2 aromatic carbocycles. The average molecular weight is 236 g/mol. The molecular formula is C14H14F2O. The Morgan fingerprint density at radius 1 is 1.12 bits per heavy atom. The molecule has 0 radical (unpaired) electrons. The first-order valence-electron chi connectivity index (χ1n) is 5.65. The Bertz CT molecular complexity index is 523. The maximum Gasteiger partial charge on any atom is 0.228 e. The number of alkyl halides is 1. The van der Waals surface area contributed by atoms with E-state index in [4.69, 9.17) is 4.74 Å². The van der Waals surface area contributed by atoms with E-state index in [1.165, 1.54) is 6.07 Å². The predicted octanol–water partition coefficient (Wildman–Crippen LogP) is 4.24. The van der Waals surface area contributed by atoms with Crippen LogP contribution in [0, 0.1) is 5.82 Å². The van der Waals surface area contributed by atoms with Gasteiger partial charge in [0.2, 0.25) is 6.86 Å². The Morgan fingerprint density at radius 3 is 2.65 bits per heavy atom. The highest BCUT2D eigenvalue weighted by Gasteiger charge is 2.05. The van der Waals surface area contributed by atoms with Gasteiger partial charge in [0, 0.05) is 0 Å². The van der Waals surface area contributed by atoms with Crippen LogP contribution < -0.4 is 4.74 Å². The van der Waals surface area contributed by atoms with Crippen LogP contribution in [-0.4, -0.2) is 6.86 Å². The first-order valence-corrected chi connectivity index (χ1v) is 5.65. The molecule has 1 nitrogen and oxygen atoms in total. The van der Waals surface area contributed by atoms with Crippen molar-refractivity contribution in [1.29, 1.82) is 0 Å². The van der Waals surface area contributed by atoms with Gasteiger partial charge in [-0.3, -0.25) is 0 Å². The molecule has 2 rings (SSSR count). The van der Waals surface area contributed by atoms with E-state index in [-0.39, 0.29) is 5.82 Å². The summed E-state index contributed by atoms with van der Waals surface area (Å²) in [5.41, 5.74) is 0.721. The van der Waals surface area contributed by atoms with E-state index in [2.05, 4.69) is 0 Å². The quantitative estimate of drug-likeness (QED) is 0.771. The lowest BCUT2D eigenvalue weighted by Crippen LogP contribution is -1.92. The van der Waals surface area contributed by atoms with Gasteiger partial charge in [-0.2, -0.15) is 0 Å². The van der Waals surface area contributed by atoms with Crippen molar-refractivity contribution in [2.75, 3.05) is 6.86 Å². The monoisotopic (exact) mass is 236 g/mol. The van der Waals surface area contributed by atoms with E-state index in [0.29, 0.717) is 5.75 Å². The highest BCUT2D eigenvalue weighted by atomic mass is 19.1. The van der Waals surface area contributed by atoms with Crippen molar-refractivity contribution < 1.29 is 13.5 Å². The number of hydrogen-bond acceptors (Lipinski definition) is 1. The number of benzene rings is 2. The van der Waals surface area contributed by atoms with Crippen LogP contribution in [0.3, 0.4) is 0 Å². The zero-order chi connectivity index (χ0) is 12.3. The minimum atomic E-state index is -0.873. The van der Waals surface area contributed by atoms with Gasteiger partial charge in [-0.25, -0.2) is 8.78 Å². The van der Waals surface area contributed by atoms with Gasteiger partial charge in [0.15, 0.2) is 0 Å². The lowest BCUT2D eigenvalue weighted by molar-refractivity contribution is 0.192. The molecule has 0 fully saturated rings. The van der Waals surface area contributed by atoms with E-state index in [1.807, 2.05) is 19.1 Å². The summed E-state index contributed by atoms with van der Waals surface area (Å²) in [4.78, 5) is 0. The summed E-state index contributed by atoms with van der Waals surface area (Å²) in [5, 5.41) is 1.68. The Hall–Kier alpha value is -1.64. The van der Waals surface area contributed by atoms with Crippen molar-refractivity contribution in [3.8, 4) is 5.75 Å². The molecule has 3 heteroatoms. The predicted molar refractivity (Wildman–Crippen MR) is 64.5 cm³/mol. The Balaban J connectivity index is 2.46. The molecule has 0 aliphatic carbocycles. The van der Waals surface area contributed by atoms with Crippen LogP contribution in [0.4, 0.5) is 8.78 Å². The van der Waals surface area contributed by atoms with E-state index in [1.54, 1.807) is 12.1 Å². The molecule has 0 aliphatic rings. The third-order valence-corrected chi connectivity index (χ3v) is 2.72. The van der Waals surface area contributed by atoms with Gasteiger partial charge in [-0.1, -0.05) is 19.4 Å². The smallest absolute Gasteiger partial charge is 0.228 e. The second-order valence-electron chi connectivity index (χ2n) is 3.96. The van der Waals surface area contributed by atoms with E-state index < -0.39 is 6.86 Å². The second kappa shape index (κ2) is 5.13. The number of rotatable bonds is 4. The summed E-state index contributed by atoms with van der Waals surface area (Å²) in [7, 11) is 0. The SMILES string of the molecule is CCCc1cc2ccc(OCF)cc2cc1F. The molecule has 0 amide bonds. The van der Waals surface area contributed by atoms with Crippen molar-refractivity contribution >= 4 is 10.8 Å². The highest BCUT2D eigenvalue weighted by molar-refractivity contribution is 5.84. The van der Waals surface area contributed by atoms with Crippen LogP contribution in [0.25, 0.3) is 10.8 Å². The average Bonchev–Trinajstić information content (AvgIpc) is 2.31. The third kappa shape index (κ3) is 2.54. The molecule has 0 bridgehead atoms. The van der Waals surface area contributed by atoms with Crippen LogP contribution in [0.2, 0.25) is 0 Å². The summed E-state index contributed by atoms with van der Waals surface area (Å²) in [6.45, 7) is 1.14. The largest absolute Gasteiger partial charge is 0.463 e. The van der Waals surface area contributed by atoms with Crippen molar-refractivity contribution in [1.82, 2.24) is 0 Å². The maximum absolute atomic E-state index is 13.7. The molecule has 0 spiro atoms. The zero-order valence-corrected chi connectivity index (χ0v) is 9.67. The third-order valence-electron chi connectivity index (χ3n) is 2.72. The van der Waals surface area contributed by atoms with Crippen molar-refractivity contribution in [2.45, 2.75) is 19.8 Å². The summed E-state index contributed by atoms with van der Waals surface area (Å²) in [6.07, 6.45) is 1.63. The van der Waals surface area contributed by atoms with Gasteiger partial charge in [-0.05, 0) is 47.0 Å². The Kier molecular flexibility index (Phi) is 3.57. The molecule has 90 valence electrons. The molecule has 0 heterocycles. The molecule has 0 aliphatic heterocycles. The fourth-order valence-electron chi connectivity index (χ4n) is 1.91. The summed E-state index contributed by atoms with van der Waals surface area (Å²) in [6, 6.07) is 8.47. The lowest BCUT2D eigenvalue weighted by atomic mass is 10.0. The van der Waals surface area contributed by atoms with E-state index >= 15 is 0 Å².